The number of rotatable bonds is 1. The van der Waals surface area contributed by atoms with Gasteiger partial charge in [-0.3, -0.25) is 4.79 Å². The molecule has 1 aromatic rings. The van der Waals surface area contributed by atoms with Crippen molar-refractivity contribution in [1.29, 1.82) is 0 Å². The Kier molecular flexibility index (Phi) is 1.96. The highest BCUT2D eigenvalue weighted by atomic mass is 35.5. The van der Waals surface area contributed by atoms with Crippen LogP contribution in [0.25, 0.3) is 0 Å². The Morgan fingerprint density at radius 2 is 2.31 bits per heavy atom. The van der Waals surface area contributed by atoms with Crippen LogP contribution in [0.3, 0.4) is 0 Å². The normalized spacial score (nSPS) is 14.2. The molecule has 1 aliphatic rings. The second-order valence-electron chi connectivity index (χ2n) is 3.14. The number of hydrogen-bond donors (Lipinski definition) is 1. The van der Waals surface area contributed by atoms with Gasteiger partial charge in [-0.25, -0.2) is 4.98 Å². The first-order valence-electron chi connectivity index (χ1n) is 4.16. The summed E-state index contributed by atoms with van der Waals surface area (Å²) in [6.07, 6.45) is 2.82. The molecule has 0 saturated heterocycles. The molecule has 0 unspecified atom stereocenters. The summed E-state index contributed by atoms with van der Waals surface area (Å²) >= 11 is 5.75. The molecule has 0 atom stereocenters. The zero-order chi connectivity index (χ0) is 9.42. The number of nitrogens with zero attached hydrogens (tertiary/aromatic N) is 1. The molecule has 0 aliphatic heterocycles. The maximum atomic E-state index is 11.0. The van der Waals surface area contributed by atoms with E-state index in [0.29, 0.717) is 10.7 Å². The van der Waals surface area contributed by atoms with Crippen LogP contribution < -0.4 is 5.73 Å². The molecule has 3 nitrogen and oxygen atoms in total. The van der Waals surface area contributed by atoms with E-state index in [2.05, 4.69) is 4.98 Å². The first-order chi connectivity index (χ1) is 6.18. The summed E-state index contributed by atoms with van der Waals surface area (Å²) in [6.45, 7) is 0. The van der Waals surface area contributed by atoms with Crippen molar-refractivity contribution < 1.29 is 4.79 Å². The molecule has 1 aromatic heterocycles. The molecule has 2 N–H and O–H groups in total. The molecule has 0 radical (unpaired) electrons. The molecule has 4 heteroatoms. The lowest BCUT2D eigenvalue weighted by Crippen LogP contribution is -2.14. The molecule has 0 bridgehead atoms. The van der Waals surface area contributed by atoms with Crippen LogP contribution in [0.5, 0.6) is 0 Å². The first-order valence-corrected chi connectivity index (χ1v) is 4.54. The number of primary amides is 1. The summed E-state index contributed by atoms with van der Waals surface area (Å²) in [5, 5.41) is 0.356. The van der Waals surface area contributed by atoms with Crippen molar-refractivity contribution in [3.63, 3.8) is 0 Å². The van der Waals surface area contributed by atoms with E-state index in [1.165, 1.54) is 0 Å². The van der Waals surface area contributed by atoms with E-state index < -0.39 is 5.91 Å². The Labute approximate surface area is 80.9 Å². The van der Waals surface area contributed by atoms with Gasteiger partial charge in [-0.2, -0.15) is 0 Å². The zero-order valence-corrected chi connectivity index (χ0v) is 7.77. The topological polar surface area (TPSA) is 56.0 Å². The van der Waals surface area contributed by atoms with Crippen LogP contribution >= 0.6 is 11.6 Å². The van der Waals surface area contributed by atoms with Crippen molar-refractivity contribution in [3.8, 4) is 0 Å². The smallest absolute Gasteiger partial charge is 0.249 e. The minimum absolute atomic E-state index is 0.356. The van der Waals surface area contributed by atoms with E-state index in [0.717, 1.165) is 30.5 Å². The summed E-state index contributed by atoms with van der Waals surface area (Å²) in [5.41, 5.74) is 7.68. The van der Waals surface area contributed by atoms with Crippen LogP contribution in [0.4, 0.5) is 0 Å². The molecule has 68 valence electrons. The second kappa shape index (κ2) is 3.00. The molecule has 0 spiro atoms. The van der Waals surface area contributed by atoms with Gasteiger partial charge in [0.05, 0.1) is 0 Å². The Hall–Kier alpha value is -1.09. The lowest BCUT2D eigenvalue weighted by atomic mass is 10.1. The quantitative estimate of drug-likeness (QED) is 0.689. The van der Waals surface area contributed by atoms with E-state index in [1.54, 1.807) is 6.07 Å². The largest absolute Gasteiger partial charge is 0.366 e. The highest BCUT2D eigenvalue weighted by Crippen LogP contribution is 2.25. The molecule has 0 fully saturated rings. The van der Waals surface area contributed by atoms with E-state index in [9.17, 15) is 4.79 Å². The van der Waals surface area contributed by atoms with Crippen LogP contribution in [0.2, 0.25) is 5.15 Å². The van der Waals surface area contributed by atoms with Crippen molar-refractivity contribution >= 4 is 17.5 Å². The Morgan fingerprint density at radius 3 is 3.00 bits per heavy atom. The predicted molar refractivity (Wildman–Crippen MR) is 49.8 cm³/mol. The van der Waals surface area contributed by atoms with Crippen molar-refractivity contribution in [2.45, 2.75) is 19.3 Å². The van der Waals surface area contributed by atoms with Gasteiger partial charge in [0.15, 0.2) is 0 Å². The SMILES string of the molecule is NC(=O)c1cc(Cl)nc2c1CCC2. The number of hydrogen-bond acceptors (Lipinski definition) is 2. The third-order valence-electron chi connectivity index (χ3n) is 2.28. The number of amides is 1. The van der Waals surface area contributed by atoms with E-state index in [1.807, 2.05) is 0 Å². The summed E-state index contributed by atoms with van der Waals surface area (Å²) in [4.78, 5) is 15.2. The maximum absolute atomic E-state index is 11.0. The third-order valence-corrected chi connectivity index (χ3v) is 2.48. The third kappa shape index (κ3) is 1.40. The fourth-order valence-corrected chi connectivity index (χ4v) is 1.94. The number of carbonyl (C=O) groups excluding carboxylic acids is 1. The van der Waals surface area contributed by atoms with Gasteiger partial charge in [-0.15, -0.1) is 0 Å². The number of aromatic nitrogens is 1. The maximum Gasteiger partial charge on any atom is 0.249 e. The molecule has 13 heavy (non-hydrogen) atoms. The van der Waals surface area contributed by atoms with Crippen molar-refractivity contribution in [2.75, 3.05) is 0 Å². The predicted octanol–water partition coefficient (Wildman–Crippen LogP) is 1.32. The fraction of sp³-hybridized carbons (Fsp3) is 0.333. The summed E-state index contributed by atoms with van der Waals surface area (Å²) in [7, 11) is 0. The van der Waals surface area contributed by atoms with Gasteiger partial charge < -0.3 is 5.73 Å². The highest BCUT2D eigenvalue weighted by molar-refractivity contribution is 6.29. The van der Waals surface area contributed by atoms with Crippen molar-refractivity contribution in [2.24, 2.45) is 5.73 Å². The average molecular weight is 197 g/mol. The van der Waals surface area contributed by atoms with Crippen LogP contribution in [0.1, 0.15) is 28.0 Å². The van der Waals surface area contributed by atoms with Gasteiger partial charge in [0.2, 0.25) is 5.91 Å². The Balaban J connectivity index is 2.62. The number of halogens is 1. The van der Waals surface area contributed by atoms with Gasteiger partial charge in [-0.1, -0.05) is 11.6 Å². The summed E-state index contributed by atoms with van der Waals surface area (Å²) in [5.74, 6) is -0.414. The molecule has 1 aliphatic carbocycles. The van der Waals surface area contributed by atoms with E-state index >= 15 is 0 Å². The number of fused-ring (bicyclic) bond motifs is 1. The van der Waals surface area contributed by atoms with Gasteiger partial charge in [0, 0.05) is 11.3 Å². The highest BCUT2D eigenvalue weighted by Gasteiger charge is 2.19. The van der Waals surface area contributed by atoms with Crippen LogP contribution in [0, 0.1) is 0 Å². The van der Waals surface area contributed by atoms with Crippen LogP contribution in [-0.2, 0) is 12.8 Å². The zero-order valence-electron chi connectivity index (χ0n) is 7.01. The number of pyridine rings is 1. The monoisotopic (exact) mass is 196 g/mol. The second-order valence-corrected chi connectivity index (χ2v) is 3.52. The van der Waals surface area contributed by atoms with Gasteiger partial charge in [0.1, 0.15) is 5.15 Å². The minimum Gasteiger partial charge on any atom is -0.366 e. The van der Waals surface area contributed by atoms with Gasteiger partial charge in [0.25, 0.3) is 0 Å². The van der Waals surface area contributed by atoms with Gasteiger partial charge in [-0.05, 0) is 30.9 Å². The Bertz CT molecular complexity index is 376. The van der Waals surface area contributed by atoms with Crippen LogP contribution in [0.15, 0.2) is 6.07 Å². The molecule has 0 aromatic carbocycles. The lowest BCUT2D eigenvalue weighted by molar-refractivity contribution is 0.0999. The molecule has 0 saturated carbocycles. The van der Waals surface area contributed by atoms with E-state index in [-0.39, 0.29) is 0 Å². The standard InChI is InChI=1S/C9H9ClN2O/c10-8-4-6(9(11)13)5-2-1-3-7(5)12-8/h4H,1-3H2,(H2,11,13). The van der Waals surface area contributed by atoms with Crippen molar-refractivity contribution in [1.82, 2.24) is 4.98 Å². The summed E-state index contributed by atoms with van der Waals surface area (Å²) in [6, 6.07) is 1.55. The Morgan fingerprint density at radius 1 is 1.54 bits per heavy atom. The number of carbonyl (C=O) groups is 1. The van der Waals surface area contributed by atoms with Crippen molar-refractivity contribution in [3.05, 3.63) is 28.0 Å². The van der Waals surface area contributed by atoms with E-state index in [4.69, 9.17) is 17.3 Å². The van der Waals surface area contributed by atoms with Gasteiger partial charge >= 0.3 is 0 Å². The molecule has 1 amide bonds. The molecular formula is C9H9ClN2O. The number of nitrogens with two attached hydrogens (primary N) is 1. The summed E-state index contributed by atoms with van der Waals surface area (Å²) < 4.78 is 0. The molecular weight excluding hydrogens is 188 g/mol. The minimum atomic E-state index is -0.414. The fourth-order valence-electron chi connectivity index (χ4n) is 1.73. The van der Waals surface area contributed by atoms with Crippen LogP contribution in [-0.4, -0.2) is 10.9 Å². The molecule has 2 rings (SSSR count). The molecule has 1 heterocycles. The lowest BCUT2D eigenvalue weighted by Gasteiger charge is -2.04. The number of aryl methyl sites for hydroxylation is 1. The first kappa shape index (κ1) is 8.51. The average Bonchev–Trinajstić information content (AvgIpc) is 2.49.